The molecule has 3 rings (SSSR count). The van der Waals surface area contributed by atoms with Crippen LogP contribution in [0.25, 0.3) is 11.3 Å². The summed E-state index contributed by atoms with van der Waals surface area (Å²) in [5.74, 6) is -1.56. The summed E-state index contributed by atoms with van der Waals surface area (Å²) in [5, 5.41) is 3.30. The molecule has 0 unspecified atom stereocenters. The summed E-state index contributed by atoms with van der Waals surface area (Å²) >= 11 is 11.9. The van der Waals surface area contributed by atoms with Gasteiger partial charge in [-0.1, -0.05) is 23.2 Å². The van der Waals surface area contributed by atoms with Gasteiger partial charge in [-0.25, -0.2) is 9.59 Å². The summed E-state index contributed by atoms with van der Waals surface area (Å²) in [6.07, 6.45) is 0. The Morgan fingerprint density at radius 3 is 2.27 bits per heavy atom. The minimum atomic E-state index is -0.683. The van der Waals surface area contributed by atoms with Gasteiger partial charge in [0.15, 0.2) is 5.76 Å². The highest BCUT2D eigenvalue weighted by atomic mass is 35.5. The summed E-state index contributed by atoms with van der Waals surface area (Å²) in [5.41, 5.74) is 0.916. The molecule has 1 amide bonds. The van der Waals surface area contributed by atoms with Gasteiger partial charge in [-0.3, -0.25) is 4.79 Å². The van der Waals surface area contributed by atoms with Gasteiger partial charge in [0, 0.05) is 5.56 Å². The Kier molecular flexibility index (Phi) is 6.44. The molecule has 0 bridgehead atoms. The maximum Gasteiger partial charge on any atom is 0.339 e. The Bertz CT molecular complexity index is 1140. The second kappa shape index (κ2) is 9.02. The van der Waals surface area contributed by atoms with E-state index in [1.54, 1.807) is 24.3 Å². The standard InChI is InChI=1S/C21H15Cl2NO6/c1-28-20(26)12-3-5-13(21(27)29-2)16(10-12)24-19(25)18-8-7-17(30-18)11-4-6-14(22)15(23)9-11/h3-10H,1-2H3,(H,24,25). The molecular weight excluding hydrogens is 433 g/mol. The number of benzene rings is 2. The Morgan fingerprint density at radius 2 is 1.60 bits per heavy atom. The van der Waals surface area contributed by atoms with Crippen molar-refractivity contribution in [1.82, 2.24) is 0 Å². The second-order valence-corrected chi connectivity index (χ2v) is 6.80. The smallest absolute Gasteiger partial charge is 0.339 e. The molecule has 0 saturated heterocycles. The van der Waals surface area contributed by atoms with Crippen molar-refractivity contribution in [2.75, 3.05) is 19.5 Å². The monoisotopic (exact) mass is 447 g/mol. The summed E-state index contributed by atoms with van der Waals surface area (Å²) in [7, 11) is 2.43. The quantitative estimate of drug-likeness (QED) is 0.547. The van der Waals surface area contributed by atoms with Gasteiger partial charge in [-0.15, -0.1) is 0 Å². The van der Waals surface area contributed by atoms with Crippen LogP contribution < -0.4 is 5.32 Å². The first-order valence-electron chi connectivity index (χ1n) is 8.51. The Hall–Kier alpha value is -3.29. The number of carbonyl (C=O) groups is 3. The largest absolute Gasteiger partial charge is 0.465 e. The van der Waals surface area contributed by atoms with Crippen LogP contribution in [0.2, 0.25) is 10.0 Å². The average Bonchev–Trinajstić information content (AvgIpc) is 3.25. The van der Waals surface area contributed by atoms with Gasteiger partial charge < -0.3 is 19.2 Å². The molecule has 0 atom stereocenters. The van der Waals surface area contributed by atoms with E-state index in [4.69, 9.17) is 32.4 Å². The van der Waals surface area contributed by atoms with Gasteiger partial charge in [0.2, 0.25) is 0 Å². The van der Waals surface area contributed by atoms with Crippen molar-refractivity contribution in [2.24, 2.45) is 0 Å². The SMILES string of the molecule is COC(=O)c1ccc(C(=O)OC)c(NC(=O)c2ccc(-c3ccc(Cl)c(Cl)c3)o2)c1. The van der Waals surface area contributed by atoms with Gasteiger partial charge in [0.1, 0.15) is 5.76 Å². The molecule has 0 spiro atoms. The maximum absolute atomic E-state index is 12.7. The fourth-order valence-corrected chi connectivity index (χ4v) is 2.93. The van der Waals surface area contributed by atoms with Crippen LogP contribution in [0.4, 0.5) is 5.69 Å². The third-order valence-electron chi connectivity index (χ3n) is 4.13. The molecule has 0 aliphatic rings. The van der Waals surface area contributed by atoms with Crippen molar-refractivity contribution in [3.05, 3.63) is 75.5 Å². The molecule has 1 N–H and O–H groups in total. The van der Waals surface area contributed by atoms with Gasteiger partial charge in [0.25, 0.3) is 5.91 Å². The first-order chi connectivity index (χ1) is 14.3. The molecule has 1 aromatic heterocycles. The van der Waals surface area contributed by atoms with Crippen molar-refractivity contribution in [2.45, 2.75) is 0 Å². The lowest BCUT2D eigenvalue weighted by molar-refractivity contribution is 0.0587. The number of esters is 2. The van der Waals surface area contributed by atoms with Crippen molar-refractivity contribution in [1.29, 1.82) is 0 Å². The minimum Gasteiger partial charge on any atom is -0.465 e. The molecule has 0 aliphatic carbocycles. The molecule has 1 heterocycles. The van der Waals surface area contributed by atoms with E-state index in [0.29, 0.717) is 21.4 Å². The third-order valence-corrected chi connectivity index (χ3v) is 4.87. The van der Waals surface area contributed by atoms with Crippen LogP contribution in [0.1, 0.15) is 31.3 Å². The molecule has 154 valence electrons. The topological polar surface area (TPSA) is 94.8 Å². The van der Waals surface area contributed by atoms with E-state index in [2.05, 4.69) is 10.1 Å². The summed E-state index contributed by atoms with van der Waals surface area (Å²) in [6, 6.07) is 12.1. The lowest BCUT2D eigenvalue weighted by atomic mass is 10.1. The summed E-state index contributed by atoms with van der Waals surface area (Å²) in [6.45, 7) is 0. The Morgan fingerprint density at radius 1 is 0.867 bits per heavy atom. The van der Waals surface area contributed by atoms with Crippen molar-refractivity contribution in [3.63, 3.8) is 0 Å². The highest BCUT2D eigenvalue weighted by Gasteiger charge is 2.20. The van der Waals surface area contributed by atoms with Crippen LogP contribution in [0, 0.1) is 0 Å². The van der Waals surface area contributed by atoms with Crippen LogP contribution in [-0.2, 0) is 9.47 Å². The Balaban J connectivity index is 1.90. The van der Waals surface area contributed by atoms with Crippen molar-refractivity contribution < 1.29 is 28.3 Å². The molecule has 3 aromatic rings. The molecule has 7 nitrogen and oxygen atoms in total. The highest BCUT2D eigenvalue weighted by molar-refractivity contribution is 6.42. The normalized spacial score (nSPS) is 10.4. The molecule has 0 aliphatic heterocycles. The number of nitrogens with one attached hydrogen (secondary N) is 1. The van der Waals surface area contributed by atoms with E-state index in [1.807, 2.05) is 0 Å². The third kappa shape index (κ3) is 4.48. The molecule has 2 aromatic carbocycles. The minimum absolute atomic E-state index is 0.0182. The number of anilines is 1. The maximum atomic E-state index is 12.7. The zero-order chi connectivity index (χ0) is 21.8. The van der Waals surface area contributed by atoms with Gasteiger partial charge in [-0.2, -0.15) is 0 Å². The van der Waals surface area contributed by atoms with Crippen LogP contribution in [-0.4, -0.2) is 32.1 Å². The predicted molar refractivity (Wildman–Crippen MR) is 111 cm³/mol. The zero-order valence-corrected chi connectivity index (χ0v) is 17.3. The van der Waals surface area contributed by atoms with Crippen LogP contribution in [0.5, 0.6) is 0 Å². The zero-order valence-electron chi connectivity index (χ0n) is 15.8. The molecule has 0 fully saturated rings. The van der Waals surface area contributed by atoms with E-state index >= 15 is 0 Å². The molecule has 0 saturated carbocycles. The summed E-state index contributed by atoms with van der Waals surface area (Å²) < 4.78 is 15.0. The number of hydrogen-bond acceptors (Lipinski definition) is 6. The number of methoxy groups -OCH3 is 2. The number of carbonyl (C=O) groups excluding carboxylic acids is 3. The number of ether oxygens (including phenoxy) is 2. The van der Waals surface area contributed by atoms with Crippen molar-refractivity contribution >= 4 is 46.7 Å². The van der Waals surface area contributed by atoms with Crippen LogP contribution >= 0.6 is 23.2 Å². The Labute approximate surface area is 181 Å². The van der Waals surface area contributed by atoms with Gasteiger partial charge >= 0.3 is 11.9 Å². The highest BCUT2D eigenvalue weighted by Crippen LogP contribution is 2.30. The lowest BCUT2D eigenvalue weighted by Crippen LogP contribution is -2.16. The first kappa shape index (κ1) is 21.4. The molecule has 0 radical (unpaired) electrons. The van der Waals surface area contributed by atoms with E-state index in [-0.39, 0.29) is 22.6 Å². The predicted octanol–water partition coefficient (Wildman–Crippen LogP) is 5.08. The van der Waals surface area contributed by atoms with E-state index < -0.39 is 17.8 Å². The molecular formula is C21H15Cl2NO6. The lowest BCUT2D eigenvalue weighted by Gasteiger charge is -2.10. The van der Waals surface area contributed by atoms with E-state index in [9.17, 15) is 14.4 Å². The fraction of sp³-hybridized carbons (Fsp3) is 0.0952. The number of rotatable bonds is 5. The fourth-order valence-electron chi connectivity index (χ4n) is 2.63. The average molecular weight is 448 g/mol. The van der Waals surface area contributed by atoms with E-state index in [0.717, 1.165) is 0 Å². The number of amides is 1. The first-order valence-corrected chi connectivity index (χ1v) is 9.27. The van der Waals surface area contributed by atoms with Gasteiger partial charge in [-0.05, 0) is 48.5 Å². The van der Waals surface area contributed by atoms with Crippen LogP contribution in [0.15, 0.2) is 52.9 Å². The number of halogens is 2. The van der Waals surface area contributed by atoms with Crippen molar-refractivity contribution in [3.8, 4) is 11.3 Å². The second-order valence-electron chi connectivity index (χ2n) is 5.99. The van der Waals surface area contributed by atoms with E-state index in [1.165, 1.54) is 38.5 Å². The molecule has 30 heavy (non-hydrogen) atoms. The molecule has 9 heteroatoms. The number of hydrogen-bond donors (Lipinski definition) is 1. The van der Waals surface area contributed by atoms with Gasteiger partial charge in [0.05, 0.1) is 41.1 Å². The van der Waals surface area contributed by atoms with Crippen LogP contribution in [0.3, 0.4) is 0 Å². The summed E-state index contributed by atoms with van der Waals surface area (Å²) in [4.78, 5) is 36.5. The number of furan rings is 1.